The van der Waals surface area contributed by atoms with Gasteiger partial charge in [-0.2, -0.15) is 11.3 Å². The van der Waals surface area contributed by atoms with Crippen LogP contribution in [0.2, 0.25) is 0 Å². The molecule has 110 valence electrons. The zero-order valence-electron chi connectivity index (χ0n) is 12.3. The summed E-state index contributed by atoms with van der Waals surface area (Å²) in [7, 11) is 3.46. The molecule has 0 aromatic carbocycles. The van der Waals surface area contributed by atoms with Crippen LogP contribution in [0.25, 0.3) is 0 Å². The quantitative estimate of drug-likeness (QED) is 0.755. The fraction of sp³-hybridized carbons (Fsp3) is 0.714. The minimum atomic E-state index is 0.0609. The summed E-state index contributed by atoms with van der Waals surface area (Å²) in [6.45, 7) is 6.46. The van der Waals surface area contributed by atoms with E-state index in [-0.39, 0.29) is 12.1 Å². The highest BCUT2D eigenvalue weighted by atomic mass is 32.1. The number of nitrogens with two attached hydrogens (primary N) is 1. The lowest BCUT2D eigenvalue weighted by atomic mass is 10.0. The number of nitrogens with zero attached hydrogens (tertiary/aromatic N) is 1. The van der Waals surface area contributed by atoms with Crippen LogP contribution in [0.5, 0.6) is 0 Å². The predicted molar refractivity (Wildman–Crippen MR) is 80.6 cm³/mol. The number of hydrogen-bond donors (Lipinski definition) is 1. The summed E-state index contributed by atoms with van der Waals surface area (Å²) in [5.74, 6) is 0. The van der Waals surface area contributed by atoms with E-state index in [9.17, 15) is 0 Å². The van der Waals surface area contributed by atoms with Crippen molar-refractivity contribution in [3.05, 3.63) is 22.4 Å². The van der Waals surface area contributed by atoms with Crippen molar-refractivity contribution in [1.29, 1.82) is 0 Å². The third-order valence-corrected chi connectivity index (χ3v) is 3.97. The lowest BCUT2D eigenvalue weighted by Gasteiger charge is -2.38. The van der Waals surface area contributed by atoms with Crippen LogP contribution >= 0.6 is 11.3 Å². The third kappa shape index (κ3) is 4.85. The molecule has 4 nitrogen and oxygen atoms in total. The molecule has 0 fully saturated rings. The summed E-state index contributed by atoms with van der Waals surface area (Å²) >= 11 is 1.71. The van der Waals surface area contributed by atoms with Crippen molar-refractivity contribution < 1.29 is 9.47 Å². The van der Waals surface area contributed by atoms with Crippen molar-refractivity contribution >= 4 is 11.3 Å². The van der Waals surface area contributed by atoms with E-state index in [0.29, 0.717) is 19.3 Å². The highest BCUT2D eigenvalue weighted by Crippen LogP contribution is 2.27. The highest BCUT2D eigenvalue weighted by Gasteiger charge is 2.28. The molecule has 2 N–H and O–H groups in total. The average Bonchev–Trinajstić information content (AvgIpc) is 2.87. The first-order chi connectivity index (χ1) is 9.11. The van der Waals surface area contributed by atoms with Crippen LogP contribution in [0.4, 0.5) is 0 Å². The molecular weight excluding hydrogens is 260 g/mol. The maximum absolute atomic E-state index is 6.22. The van der Waals surface area contributed by atoms with Gasteiger partial charge in [0, 0.05) is 32.8 Å². The first kappa shape index (κ1) is 16.6. The Balaban J connectivity index is 2.90. The first-order valence-electron chi connectivity index (χ1n) is 6.63. The fourth-order valence-electron chi connectivity index (χ4n) is 2.41. The summed E-state index contributed by atoms with van der Waals surface area (Å²) < 4.78 is 10.5. The van der Waals surface area contributed by atoms with E-state index < -0.39 is 0 Å². The maximum Gasteiger partial charge on any atom is 0.0615 e. The van der Waals surface area contributed by atoms with Crippen LogP contribution in [0.3, 0.4) is 0 Å². The van der Waals surface area contributed by atoms with Gasteiger partial charge < -0.3 is 15.2 Å². The van der Waals surface area contributed by atoms with E-state index in [4.69, 9.17) is 15.2 Å². The molecule has 0 bridgehead atoms. The Morgan fingerprint density at radius 1 is 1.32 bits per heavy atom. The molecule has 1 heterocycles. The monoisotopic (exact) mass is 286 g/mol. The van der Waals surface area contributed by atoms with Crippen LogP contribution in [0, 0.1) is 0 Å². The number of hydrogen-bond acceptors (Lipinski definition) is 5. The first-order valence-corrected chi connectivity index (χ1v) is 7.57. The molecule has 0 aliphatic carbocycles. The Morgan fingerprint density at radius 2 is 2.05 bits per heavy atom. The van der Waals surface area contributed by atoms with E-state index in [1.165, 1.54) is 5.56 Å². The Kier molecular flexibility index (Phi) is 7.56. The fourth-order valence-corrected chi connectivity index (χ4v) is 3.10. The molecule has 3 atom stereocenters. The number of methoxy groups -OCH3 is 2. The Hall–Kier alpha value is -0.460. The largest absolute Gasteiger partial charge is 0.383 e. The van der Waals surface area contributed by atoms with Crippen LogP contribution in [-0.2, 0) is 9.47 Å². The summed E-state index contributed by atoms with van der Waals surface area (Å²) in [6.07, 6.45) is 0. The third-order valence-electron chi connectivity index (χ3n) is 3.27. The molecule has 0 saturated carbocycles. The van der Waals surface area contributed by atoms with Gasteiger partial charge in [0.05, 0.1) is 19.3 Å². The van der Waals surface area contributed by atoms with Gasteiger partial charge in [0.15, 0.2) is 0 Å². The summed E-state index contributed by atoms with van der Waals surface area (Å²) in [4.78, 5) is 2.37. The van der Waals surface area contributed by atoms with Gasteiger partial charge in [-0.15, -0.1) is 0 Å². The van der Waals surface area contributed by atoms with Gasteiger partial charge in [0.1, 0.15) is 0 Å². The van der Waals surface area contributed by atoms with Crippen LogP contribution in [-0.4, -0.2) is 51.0 Å². The van der Waals surface area contributed by atoms with Crippen molar-refractivity contribution in [3.8, 4) is 0 Å². The van der Waals surface area contributed by atoms with E-state index >= 15 is 0 Å². The van der Waals surface area contributed by atoms with Crippen molar-refractivity contribution in [2.75, 3.05) is 34.0 Å². The Morgan fingerprint density at radius 3 is 2.53 bits per heavy atom. The smallest absolute Gasteiger partial charge is 0.0615 e. The second kappa shape index (κ2) is 8.66. The number of thiophene rings is 1. The maximum atomic E-state index is 6.22. The average molecular weight is 286 g/mol. The molecule has 0 spiro atoms. The number of ether oxygens (including phenoxy) is 2. The SMILES string of the molecule is COCCN(C(C)COC)C(c1ccsc1)C(C)N. The van der Waals surface area contributed by atoms with E-state index in [1.807, 2.05) is 0 Å². The van der Waals surface area contributed by atoms with Crippen LogP contribution in [0.15, 0.2) is 16.8 Å². The van der Waals surface area contributed by atoms with Crippen LogP contribution in [0.1, 0.15) is 25.5 Å². The summed E-state index contributed by atoms with van der Waals surface area (Å²) in [5.41, 5.74) is 7.49. The normalized spacial score (nSPS) is 16.5. The van der Waals surface area contributed by atoms with Crippen LogP contribution < -0.4 is 5.73 Å². The molecule has 0 aliphatic heterocycles. The molecule has 0 aliphatic rings. The Labute approximate surface area is 120 Å². The molecule has 1 aromatic heterocycles. The molecule has 5 heteroatoms. The van der Waals surface area contributed by atoms with Crippen molar-refractivity contribution in [1.82, 2.24) is 4.90 Å². The van der Waals surface area contributed by atoms with Crippen molar-refractivity contribution in [2.24, 2.45) is 5.73 Å². The summed E-state index contributed by atoms with van der Waals surface area (Å²) in [6, 6.07) is 2.71. The Bertz CT molecular complexity index is 330. The lowest BCUT2D eigenvalue weighted by Crippen LogP contribution is -2.47. The second-order valence-corrected chi connectivity index (χ2v) is 5.68. The van der Waals surface area contributed by atoms with Gasteiger partial charge in [0.2, 0.25) is 0 Å². The van der Waals surface area contributed by atoms with Gasteiger partial charge >= 0.3 is 0 Å². The molecular formula is C14H26N2O2S. The molecule has 1 rings (SSSR count). The second-order valence-electron chi connectivity index (χ2n) is 4.90. The minimum absolute atomic E-state index is 0.0609. The molecule has 19 heavy (non-hydrogen) atoms. The molecule has 0 amide bonds. The summed E-state index contributed by atoms with van der Waals surface area (Å²) in [5, 5.41) is 4.27. The van der Waals surface area contributed by atoms with E-state index in [1.54, 1.807) is 25.6 Å². The lowest BCUT2D eigenvalue weighted by molar-refractivity contribution is 0.0402. The standard InChI is InChI=1S/C14H26N2O2S/c1-11(9-18-4)16(6-7-17-3)14(12(2)15)13-5-8-19-10-13/h5,8,10-12,14H,6-7,9,15H2,1-4H3. The van der Waals surface area contributed by atoms with Crippen molar-refractivity contribution in [3.63, 3.8) is 0 Å². The zero-order valence-corrected chi connectivity index (χ0v) is 13.2. The van der Waals surface area contributed by atoms with Gasteiger partial charge in [-0.1, -0.05) is 0 Å². The molecule has 1 aromatic rings. The van der Waals surface area contributed by atoms with E-state index in [0.717, 1.165) is 6.54 Å². The van der Waals surface area contributed by atoms with E-state index in [2.05, 4.69) is 35.6 Å². The minimum Gasteiger partial charge on any atom is -0.383 e. The van der Waals surface area contributed by atoms with Gasteiger partial charge in [-0.05, 0) is 36.2 Å². The van der Waals surface area contributed by atoms with Gasteiger partial charge in [-0.3, -0.25) is 4.90 Å². The topological polar surface area (TPSA) is 47.7 Å². The highest BCUT2D eigenvalue weighted by molar-refractivity contribution is 7.07. The molecule has 0 saturated heterocycles. The van der Waals surface area contributed by atoms with Gasteiger partial charge in [-0.25, -0.2) is 0 Å². The number of rotatable bonds is 9. The van der Waals surface area contributed by atoms with Gasteiger partial charge in [0.25, 0.3) is 0 Å². The zero-order chi connectivity index (χ0) is 14.3. The molecule has 3 unspecified atom stereocenters. The van der Waals surface area contributed by atoms with Crippen molar-refractivity contribution in [2.45, 2.75) is 32.0 Å². The molecule has 0 radical (unpaired) electrons. The predicted octanol–water partition coefficient (Wildman–Crippen LogP) is 2.12.